The number of hydrogen-bond acceptors (Lipinski definition) is 5. The molecule has 0 radical (unpaired) electrons. The molecule has 2 aliphatic rings. The molecule has 1 N–H and O–H groups in total. The second-order valence-corrected chi connectivity index (χ2v) is 7.86. The van der Waals surface area contributed by atoms with E-state index >= 15 is 0 Å². The summed E-state index contributed by atoms with van der Waals surface area (Å²) in [6, 6.07) is 4.96. The lowest BCUT2D eigenvalue weighted by Crippen LogP contribution is -2.43. The lowest BCUT2D eigenvalue weighted by Gasteiger charge is -2.33. The van der Waals surface area contributed by atoms with Crippen molar-refractivity contribution < 1.29 is 22.7 Å². The topological polar surface area (TPSA) is 84.0 Å². The molecule has 166 valence electrons. The molecule has 0 saturated carbocycles. The Bertz CT molecular complexity index is 1160. The normalized spacial score (nSPS) is 18.6. The van der Waals surface area contributed by atoms with E-state index in [1.165, 1.54) is 18.5 Å². The van der Waals surface area contributed by atoms with E-state index in [1.54, 1.807) is 11.0 Å². The fourth-order valence-corrected chi connectivity index (χ4v) is 4.29. The maximum Gasteiger partial charge on any atom is 0.416 e. The molecule has 1 unspecified atom stereocenters. The summed E-state index contributed by atoms with van der Waals surface area (Å²) in [4.78, 5) is 23.4. The quantitative estimate of drug-likeness (QED) is 0.669. The Kier molecular flexibility index (Phi) is 5.16. The van der Waals surface area contributed by atoms with E-state index in [0.717, 1.165) is 42.7 Å². The average Bonchev–Trinajstić information content (AvgIpc) is 3.42. The first kappa shape index (κ1) is 20.6. The summed E-state index contributed by atoms with van der Waals surface area (Å²) >= 11 is 0. The maximum atomic E-state index is 13.2. The zero-order valence-electron chi connectivity index (χ0n) is 17.0. The number of nitrogens with one attached hydrogen (secondary N) is 1. The van der Waals surface area contributed by atoms with E-state index in [4.69, 9.17) is 4.74 Å². The van der Waals surface area contributed by atoms with Crippen LogP contribution in [0.4, 0.5) is 13.2 Å². The van der Waals surface area contributed by atoms with Gasteiger partial charge in [-0.25, -0.2) is 0 Å². The van der Waals surface area contributed by atoms with E-state index in [-0.39, 0.29) is 19.1 Å². The Labute approximate surface area is 181 Å². The van der Waals surface area contributed by atoms with Gasteiger partial charge in [0.2, 0.25) is 0 Å². The Hall–Kier alpha value is -3.27. The Morgan fingerprint density at radius 1 is 1.19 bits per heavy atom. The molecule has 5 rings (SSSR count). The molecule has 2 aromatic heterocycles. The number of nitrogens with zero attached hydrogens (tertiary/aromatic N) is 4. The van der Waals surface area contributed by atoms with Crippen LogP contribution >= 0.6 is 0 Å². The van der Waals surface area contributed by atoms with E-state index in [1.807, 2.05) is 0 Å². The fraction of sp³-hybridized carbons (Fsp3) is 0.364. The molecule has 1 atom stereocenters. The molecule has 1 aliphatic carbocycles. The van der Waals surface area contributed by atoms with E-state index in [0.29, 0.717) is 29.2 Å². The molecule has 1 saturated heterocycles. The number of morpholine rings is 1. The van der Waals surface area contributed by atoms with Crippen LogP contribution < -0.4 is 0 Å². The van der Waals surface area contributed by atoms with Crippen molar-refractivity contribution in [2.24, 2.45) is 0 Å². The molecule has 3 aromatic rings. The largest absolute Gasteiger partial charge is 0.416 e. The third-order valence-electron chi connectivity index (χ3n) is 5.86. The highest BCUT2D eigenvalue weighted by Crippen LogP contribution is 2.34. The molecule has 1 amide bonds. The van der Waals surface area contributed by atoms with Crippen molar-refractivity contribution in [3.63, 3.8) is 0 Å². The molecule has 0 bridgehead atoms. The predicted octanol–water partition coefficient (Wildman–Crippen LogP) is 3.59. The van der Waals surface area contributed by atoms with Crippen LogP contribution in [0.25, 0.3) is 11.3 Å². The number of carbonyl (C=O) groups excluding carboxylic acids is 1. The highest BCUT2D eigenvalue weighted by atomic mass is 19.4. The van der Waals surface area contributed by atoms with Crippen LogP contribution in [0.1, 0.15) is 45.5 Å². The van der Waals surface area contributed by atoms with Crippen LogP contribution in [0.2, 0.25) is 0 Å². The average molecular weight is 443 g/mol. The van der Waals surface area contributed by atoms with Crippen LogP contribution in [-0.2, 0) is 23.8 Å². The summed E-state index contributed by atoms with van der Waals surface area (Å²) in [7, 11) is 0. The number of H-pyrrole nitrogens is 1. The van der Waals surface area contributed by atoms with E-state index < -0.39 is 17.8 Å². The number of amides is 1. The lowest BCUT2D eigenvalue weighted by atomic mass is 10.0. The number of hydrogen-bond donors (Lipinski definition) is 1. The highest BCUT2D eigenvalue weighted by molar-refractivity contribution is 5.94. The van der Waals surface area contributed by atoms with Crippen molar-refractivity contribution in [1.82, 2.24) is 25.1 Å². The van der Waals surface area contributed by atoms with Crippen LogP contribution in [0.3, 0.4) is 0 Å². The van der Waals surface area contributed by atoms with Crippen molar-refractivity contribution in [3.8, 4) is 11.3 Å². The first-order chi connectivity index (χ1) is 15.4. The van der Waals surface area contributed by atoms with Gasteiger partial charge >= 0.3 is 6.18 Å². The molecule has 32 heavy (non-hydrogen) atoms. The van der Waals surface area contributed by atoms with Gasteiger partial charge in [0.1, 0.15) is 6.10 Å². The van der Waals surface area contributed by atoms with Gasteiger partial charge in [0.25, 0.3) is 5.91 Å². The number of aromatic amines is 1. The number of aromatic nitrogens is 4. The molecule has 7 nitrogen and oxygen atoms in total. The zero-order chi connectivity index (χ0) is 22.3. The summed E-state index contributed by atoms with van der Waals surface area (Å²) in [5.74, 6) is -0.179. The number of aryl methyl sites for hydroxylation is 1. The van der Waals surface area contributed by atoms with Crippen LogP contribution in [0.5, 0.6) is 0 Å². The van der Waals surface area contributed by atoms with Gasteiger partial charge in [0.15, 0.2) is 5.69 Å². The molecule has 1 fully saturated rings. The summed E-state index contributed by atoms with van der Waals surface area (Å²) in [6.07, 6.45) is 0.529. The van der Waals surface area contributed by atoms with Crippen molar-refractivity contribution in [2.45, 2.75) is 31.5 Å². The number of fused-ring (bicyclic) bond motifs is 1. The minimum absolute atomic E-state index is 0.179. The third kappa shape index (κ3) is 3.75. The van der Waals surface area contributed by atoms with Gasteiger partial charge in [0.05, 0.1) is 30.1 Å². The summed E-state index contributed by atoms with van der Waals surface area (Å²) in [6.45, 7) is 0.892. The van der Waals surface area contributed by atoms with Crippen molar-refractivity contribution in [3.05, 3.63) is 64.9 Å². The van der Waals surface area contributed by atoms with Gasteiger partial charge in [0, 0.05) is 35.8 Å². The number of carbonyl (C=O) groups is 1. The van der Waals surface area contributed by atoms with Gasteiger partial charge in [-0.05, 0) is 31.4 Å². The molecular formula is C22H20F3N5O2. The molecule has 1 aromatic carbocycles. The summed E-state index contributed by atoms with van der Waals surface area (Å²) in [5, 5.41) is 7.17. The standard InChI is InChI=1S/C22H20F3N5O2/c23-22(24,25)14-4-1-3-13(11-14)18-20(27-8-7-26-18)17-12-30(9-10-32-17)21(31)19-15-5-2-6-16(15)28-29-19/h1,3-4,7-8,11,17H,2,5-6,9-10,12H2,(H,28,29). The number of halogens is 3. The summed E-state index contributed by atoms with van der Waals surface area (Å²) in [5.41, 5.74) is 2.66. The van der Waals surface area contributed by atoms with Gasteiger partial charge in [-0.2, -0.15) is 18.3 Å². The highest BCUT2D eigenvalue weighted by Gasteiger charge is 2.34. The van der Waals surface area contributed by atoms with Crippen molar-refractivity contribution in [2.75, 3.05) is 19.7 Å². The summed E-state index contributed by atoms with van der Waals surface area (Å²) < 4.78 is 45.5. The smallest absolute Gasteiger partial charge is 0.368 e. The third-order valence-corrected chi connectivity index (χ3v) is 5.86. The van der Waals surface area contributed by atoms with Crippen LogP contribution in [-0.4, -0.2) is 50.7 Å². The number of alkyl halides is 3. The SMILES string of the molecule is O=C(c1n[nH]c2c1CCC2)N1CCOC(c2nccnc2-c2cccc(C(F)(F)F)c2)C1. The first-order valence-corrected chi connectivity index (χ1v) is 10.4. The van der Waals surface area contributed by atoms with Gasteiger partial charge in [-0.1, -0.05) is 12.1 Å². The fourth-order valence-electron chi connectivity index (χ4n) is 4.29. The minimum Gasteiger partial charge on any atom is -0.368 e. The van der Waals surface area contributed by atoms with Crippen molar-refractivity contribution >= 4 is 5.91 Å². The molecule has 3 heterocycles. The Morgan fingerprint density at radius 3 is 2.88 bits per heavy atom. The maximum absolute atomic E-state index is 13.2. The molecule has 10 heteroatoms. The number of benzene rings is 1. The molecule has 1 aliphatic heterocycles. The number of ether oxygens (including phenoxy) is 1. The van der Waals surface area contributed by atoms with Gasteiger partial charge < -0.3 is 9.64 Å². The zero-order valence-corrected chi connectivity index (χ0v) is 17.0. The van der Waals surface area contributed by atoms with Crippen LogP contribution in [0.15, 0.2) is 36.7 Å². The van der Waals surface area contributed by atoms with Crippen molar-refractivity contribution in [1.29, 1.82) is 0 Å². The Balaban J connectivity index is 1.43. The lowest BCUT2D eigenvalue weighted by molar-refractivity contribution is -0.137. The second-order valence-electron chi connectivity index (χ2n) is 7.86. The molecule has 0 spiro atoms. The van der Waals surface area contributed by atoms with E-state index in [2.05, 4.69) is 20.2 Å². The van der Waals surface area contributed by atoms with Crippen LogP contribution in [0, 0.1) is 0 Å². The van der Waals surface area contributed by atoms with Gasteiger partial charge in [-0.15, -0.1) is 0 Å². The Morgan fingerprint density at radius 2 is 2.03 bits per heavy atom. The number of rotatable bonds is 3. The monoisotopic (exact) mass is 443 g/mol. The first-order valence-electron chi connectivity index (χ1n) is 10.4. The minimum atomic E-state index is -4.47. The second kappa shape index (κ2) is 8.01. The van der Waals surface area contributed by atoms with E-state index in [9.17, 15) is 18.0 Å². The molecular weight excluding hydrogens is 423 g/mol. The van der Waals surface area contributed by atoms with Gasteiger partial charge in [-0.3, -0.25) is 19.9 Å². The predicted molar refractivity (Wildman–Crippen MR) is 108 cm³/mol.